The monoisotopic (exact) mass is 426 g/mol. The van der Waals surface area contributed by atoms with Crippen molar-refractivity contribution in [2.45, 2.75) is 95.2 Å². The van der Waals surface area contributed by atoms with E-state index in [2.05, 4.69) is 23.5 Å². The summed E-state index contributed by atoms with van der Waals surface area (Å²) in [6.07, 6.45) is 7.28. The Balaban J connectivity index is 1.83. The summed E-state index contributed by atoms with van der Waals surface area (Å²) in [6, 6.07) is 0. The number of carboxylic acid groups (broad SMARTS) is 1. The summed E-state index contributed by atoms with van der Waals surface area (Å²) < 4.78 is 0. The summed E-state index contributed by atoms with van der Waals surface area (Å²) in [5, 5.41) is 20.0. The molecule has 2 unspecified atom stereocenters. The van der Waals surface area contributed by atoms with Crippen molar-refractivity contribution in [2.75, 3.05) is 0 Å². The van der Waals surface area contributed by atoms with Crippen LogP contribution in [0.2, 0.25) is 0 Å². The first-order chi connectivity index (χ1) is 14.6. The molecule has 0 aromatic rings. The SMILES string of the molecule is C#[N+][C@@]12CCC(O)[C@@]1(C)CC[C@@]1([N+]#C)C2CCC2=CC(=O)C[C@H](CCCC(=O)O)[C@@]21C. The number of aliphatic hydroxyl groups is 1. The highest BCUT2D eigenvalue weighted by Crippen LogP contribution is 2.72. The quantitative estimate of drug-likeness (QED) is 0.692. The molecule has 166 valence electrons. The molecule has 3 fully saturated rings. The predicted molar refractivity (Wildman–Crippen MR) is 118 cm³/mol. The standard InChI is InChI=1S/C25H33N2O4/c1-22-12-13-25(27-4)19(24(22,26-3)11-10-20(22)29)9-8-17-15-18(28)14-16(23(17,25)2)6-5-7-21(30)31/h3-4,15-16,19-20,29H,5-14H2,1-2H3/q+1/p+1/t16-,19?,20?,22+,23-,24+,25+/m0/s1. The highest BCUT2D eigenvalue weighted by molar-refractivity contribution is 5.92. The second-order valence-electron chi connectivity index (χ2n) is 10.7. The lowest BCUT2D eigenvalue weighted by atomic mass is 9.39. The molecule has 3 saturated carbocycles. The van der Waals surface area contributed by atoms with Crippen molar-refractivity contribution in [3.05, 3.63) is 21.3 Å². The number of ketones is 1. The van der Waals surface area contributed by atoms with Gasteiger partial charge in [0.2, 0.25) is 0 Å². The minimum absolute atomic E-state index is 0.0248. The number of fused-ring (bicyclic) bond motifs is 5. The van der Waals surface area contributed by atoms with Crippen LogP contribution in [-0.2, 0) is 9.59 Å². The van der Waals surface area contributed by atoms with Gasteiger partial charge in [0.15, 0.2) is 5.78 Å². The molecule has 0 aromatic carbocycles. The van der Waals surface area contributed by atoms with Crippen molar-refractivity contribution < 1.29 is 19.8 Å². The molecular formula is C25H34N2O4+2. The van der Waals surface area contributed by atoms with E-state index in [1.165, 1.54) is 0 Å². The molecule has 2 N–H and O–H groups in total. The highest BCUT2D eigenvalue weighted by Gasteiger charge is 2.84. The molecule has 0 heterocycles. The van der Waals surface area contributed by atoms with E-state index in [-0.39, 0.29) is 24.0 Å². The average molecular weight is 427 g/mol. The van der Waals surface area contributed by atoms with Gasteiger partial charge < -0.3 is 10.2 Å². The van der Waals surface area contributed by atoms with Crippen molar-refractivity contribution in [2.24, 2.45) is 22.7 Å². The topological polar surface area (TPSA) is 83.3 Å². The van der Waals surface area contributed by atoms with Crippen molar-refractivity contribution in [3.8, 4) is 13.1 Å². The van der Waals surface area contributed by atoms with Crippen LogP contribution >= 0.6 is 0 Å². The summed E-state index contributed by atoms with van der Waals surface area (Å²) in [6.45, 7) is 16.7. The van der Waals surface area contributed by atoms with Gasteiger partial charge in [-0.1, -0.05) is 15.3 Å². The number of hydrogen-bond acceptors (Lipinski definition) is 3. The smallest absolute Gasteiger partial charge is 0.303 e. The van der Waals surface area contributed by atoms with E-state index in [9.17, 15) is 14.7 Å². The fourth-order valence-corrected chi connectivity index (χ4v) is 8.18. The zero-order chi connectivity index (χ0) is 22.7. The van der Waals surface area contributed by atoms with E-state index in [0.29, 0.717) is 44.9 Å². The number of nitrogens with zero attached hydrogens (tertiary/aromatic N) is 2. The largest absolute Gasteiger partial charge is 0.481 e. The van der Waals surface area contributed by atoms with Gasteiger partial charge >= 0.3 is 11.5 Å². The Hall–Kier alpha value is -2.18. The van der Waals surface area contributed by atoms with Crippen LogP contribution in [0, 0.1) is 35.8 Å². The Bertz CT molecular complexity index is 929. The Morgan fingerprint density at radius 2 is 1.87 bits per heavy atom. The first-order valence-electron chi connectivity index (χ1n) is 11.6. The number of aliphatic carboxylic acids is 1. The molecule has 31 heavy (non-hydrogen) atoms. The van der Waals surface area contributed by atoms with E-state index in [1.54, 1.807) is 6.08 Å². The lowest BCUT2D eigenvalue weighted by molar-refractivity contribution is -0.137. The normalized spacial score (nSPS) is 46.0. The molecule has 6 nitrogen and oxygen atoms in total. The van der Waals surface area contributed by atoms with Crippen molar-refractivity contribution >= 4 is 11.8 Å². The van der Waals surface area contributed by atoms with E-state index in [0.717, 1.165) is 18.4 Å². The third-order valence-corrected chi connectivity index (χ3v) is 9.97. The number of carbonyl (C=O) groups excluding carboxylic acids is 1. The maximum Gasteiger partial charge on any atom is 0.303 e. The first-order valence-corrected chi connectivity index (χ1v) is 11.6. The van der Waals surface area contributed by atoms with Crippen LogP contribution in [0.1, 0.15) is 78.1 Å². The molecule has 0 radical (unpaired) electrons. The molecule has 0 aliphatic heterocycles. The van der Waals surface area contributed by atoms with Crippen molar-refractivity contribution in [1.82, 2.24) is 0 Å². The maximum absolute atomic E-state index is 12.6. The third kappa shape index (κ3) is 2.64. The lowest BCUT2D eigenvalue weighted by Gasteiger charge is -2.57. The van der Waals surface area contributed by atoms with Crippen LogP contribution < -0.4 is 0 Å². The zero-order valence-electron chi connectivity index (χ0n) is 18.6. The van der Waals surface area contributed by atoms with Crippen LogP contribution in [0.5, 0.6) is 0 Å². The van der Waals surface area contributed by atoms with E-state index in [1.807, 2.05) is 0 Å². The van der Waals surface area contributed by atoms with Crippen LogP contribution in [-0.4, -0.2) is 39.1 Å². The summed E-state index contributed by atoms with van der Waals surface area (Å²) >= 11 is 0. The lowest BCUT2D eigenvalue weighted by Crippen LogP contribution is -2.69. The van der Waals surface area contributed by atoms with E-state index in [4.69, 9.17) is 18.3 Å². The Morgan fingerprint density at radius 3 is 2.52 bits per heavy atom. The summed E-state index contributed by atoms with van der Waals surface area (Å²) in [5.41, 5.74) is -1.03. The van der Waals surface area contributed by atoms with E-state index >= 15 is 0 Å². The number of carbonyl (C=O) groups is 2. The zero-order valence-corrected chi connectivity index (χ0v) is 18.6. The van der Waals surface area contributed by atoms with Gasteiger partial charge in [-0.2, -0.15) is 0 Å². The maximum atomic E-state index is 12.6. The minimum Gasteiger partial charge on any atom is -0.481 e. The number of rotatable bonds is 4. The molecular weight excluding hydrogens is 392 g/mol. The summed E-state index contributed by atoms with van der Waals surface area (Å²) in [5.74, 6) is -0.770. The summed E-state index contributed by atoms with van der Waals surface area (Å²) in [4.78, 5) is 32.8. The Kier molecular flexibility index (Phi) is 5.10. The molecule has 0 bridgehead atoms. The molecule has 0 spiro atoms. The average Bonchev–Trinajstić information content (AvgIpc) is 3.00. The fourth-order valence-electron chi connectivity index (χ4n) is 8.18. The van der Waals surface area contributed by atoms with Gasteiger partial charge in [0.05, 0.1) is 16.9 Å². The highest BCUT2D eigenvalue weighted by atomic mass is 16.4. The second-order valence-corrected chi connectivity index (χ2v) is 10.7. The number of carboxylic acids is 1. The molecule has 0 aromatic heterocycles. The van der Waals surface area contributed by atoms with Crippen LogP contribution in [0.3, 0.4) is 0 Å². The van der Waals surface area contributed by atoms with Crippen molar-refractivity contribution in [3.63, 3.8) is 0 Å². The van der Waals surface area contributed by atoms with Crippen molar-refractivity contribution in [1.29, 1.82) is 0 Å². The molecule has 7 atom stereocenters. The van der Waals surface area contributed by atoms with Gasteiger partial charge in [-0.15, -0.1) is 0 Å². The molecule has 4 aliphatic carbocycles. The van der Waals surface area contributed by atoms with Gasteiger partial charge in [-0.3, -0.25) is 9.59 Å². The van der Waals surface area contributed by atoms with Crippen LogP contribution in [0.15, 0.2) is 11.6 Å². The third-order valence-electron chi connectivity index (χ3n) is 9.97. The van der Waals surface area contributed by atoms with Gasteiger partial charge in [0, 0.05) is 25.7 Å². The predicted octanol–water partition coefficient (Wildman–Crippen LogP) is 4.53. The number of aliphatic hydroxyl groups excluding tert-OH is 1. The molecule has 0 saturated heterocycles. The van der Waals surface area contributed by atoms with Gasteiger partial charge in [-0.25, -0.2) is 0 Å². The van der Waals surface area contributed by atoms with Crippen LogP contribution in [0.25, 0.3) is 9.69 Å². The van der Waals surface area contributed by atoms with Gasteiger partial charge in [0.25, 0.3) is 18.7 Å². The van der Waals surface area contributed by atoms with Gasteiger partial charge in [-0.05, 0) is 64.4 Å². The Labute approximate surface area is 184 Å². The minimum atomic E-state index is -0.822. The molecule has 0 amide bonds. The summed E-state index contributed by atoms with van der Waals surface area (Å²) in [7, 11) is 0. The van der Waals surface area contributed by atoms with Gasteiger partial charge in [0.1, 0.15) is 5.92 Å². The fraction of sp³-hybridized carbons (Fsp3) is 0.760. The molecule has 4 rings (SSSR count). The van der Waals surface area contributed by atoms with Crippen LogP contribution in [0.4, 0.5) is 0 Å². The number of hydrogen-bond donors (Lipinski definition) is 2. The molecule has 6 heteroatoms. The Morgan fingerprint density at radius 1 is 1.16 bits per heavy atom. The second kappa shape index (κ2) is 7.17. The molecule has 4 aliphatic rings. The van der Waals surface area contributed by atoms with E-state index < -0.39 is 34.0 Å². The first kappa shape index (κ1) is 22.0.